The maximum atomic E-state index is 12.6. The Kier molecular flexibility index (Phi) is 3.01. The third-order valence-electron chi connectivity index (χ3n) is 5.10. The molecule has 1 aliphatic heterocycles. The first kappa shape index (κ1) is 14.0. The van der Waals surface area contributed by atoms with Crippen molar-refractivity contribution in [2.75, 3.05) is 0 Å². The van der Waals surface area contributed by atoms with Crippen molar-refractivity contribution < 1.29 is 14.7 Å². The molecule has 0 saturated heterocycles. The van der Waals surface area contributed by atoms with Gasteiger partial charge in [-0.15, -0.1) is 0 Å². The van der Waals surface area contributed by atoms with E-state index in [2.05, 4.69) is 0 Å². The van der Waals surface area contributed by atoms with Crippen LogP contribution in [0.5, 0.6) is 0 Å². The molecule has 1 aromatic heterocycles. The molecule has 0 bridgehead atoms. The molecule has 1 fully saturated rings. The number of aliphatic hydroxyl groups excluding tert-OH is 1. The van der Waals surface area contributed by atoms with E-state index in [1.54, 1.807) is 6.07 Å². The highest BCUT2D eigenvalue weighted by Crippen LogP contribution is 2.48. The quantitative estimate of drug-likeness (QED) is 0.681. The molecule has 116 valence electrons. The number of hydrogen-bond acceptors (Lipinski definition) is 3. The Balaban J connectivity index is 2.02. The Morgan fingerprint density at radius 1 is 1.00 bits per heavy atom. The first-order chi connectivity index (χ1) is 11.2. The lowest BCUT2D eigenvalue weighted by Gasteiger charge is -2.37. The molecule has 1 N–H and O–H groups in total. The van der Waals surface area contributed by atoms with Gasteiger partial charge in [0.1, 0.15) is 16.9 Å². The molecule has 0 amide bonds. The highest BCUT2D eigenvalue weighted by atomic mass is 16.3. The molecule has 1 saturated carbocycles. The lowest BCUT2D eigenvalue weighted by atomic mass is 9.85. The number of aliphatic hydroxyl groups is 1. The molecular formula is C19H17NO3. The van der Waals surface area contributed by atoms with E-state index >= 15 is 0 Å². The predicted octanol–water partition coefficient (Wildman–Crippen LogP) is 3.63. The number of fused-ring (bicyclic) bond motifs is 2. The van der Waals surface area contributed by atoms with Crippen LogP contribution in [0.3, 0.4) is 0 Å². The van der Waals surface area contributed by atoms with Crippen molar-refractivity contribution in [1.29, 1.82) is 0 Å². The van der Waals surface area contributed by atoms with Crippen LogP contribution in [0.25, 0.3) is 11.3 Å². The molecule has 2 heterocycles. The number of carbonyl (C=O) groups is 2. The Hall–Kier alpha value is -2.62. The predicted molar refractivity (Wildman–Crippen MR) is 86.4 cm³/mol. The average molecular weight is 307 g/mol. The number of carbonyl (C=O) groups excluding carboxylic acids is 2. The number of allylic oxidation sites excluding steroid dienone is 2. The molecular weight excluding hydrogens is 290 g/mol. The molecule has 1 aliphatic carbocycles. The van der Waals surface area contributed by atoms with Gasteiger partial charge in [-0.25, -0.2) is 0 Å². The molecule has 4 heteroatoms. The molecule has 0 atom stereocenters. The molecule has 4 nitrogen and oxygen atoms in total. The lowest BCUT2D eigenvalue weighted by Crippen LogP contribution is -2.41. The van der Waals surface area contributed by atoms with E-state index in [0.717, 1.165) is 36.9 Å². The van der Waals surface area contributed by atoms with Gasteiger partial charge in [0.25, 0.3) is 0 Å². The Morgan fingerprint density at radius 3 is 2.30 bits per heavy atom. The zero-order chi connectivity index (χ0) is 16.0. The second-order valence-electron chi connectivity index (χ2n) is 6.25. The number of Topliss-reactive ketones (excluding diaryl/α,β-unsaturated/α-hetero) is 1. The summed E-state index contributed by atoms with van der Waals surface area (Å²) in [4.78, 5) is 23.9. The van der Waals surface area contributed by atoms with Crippen molar-refractivity contribution >= 4 is 12.1 Å². The van der Waals surface area contributed by atoms with E-state index in [0.29, 0.717) is 12.0 Å². The number of rotatable bonds is 2. The van der Waals surface area contributed by atoms with Gasteiger partial charge in [0.05, 0.1) is 5.69 Å². The maximum Gasteiger partial charge on any atom is 0.216 e. The summed E-state index contributed by atoms with van der Waals surface area (Å²) in [6.45, 7) is 0. The summed E-state index contributed by atoms with van der Waals surface area (Å²) in [6.07, 6.45) is 3.92. The molecule has 0 unspecified atom stereocenters. The fourth-order valence-corrected chi connectivity index (χ4v) is 4.04. The summed E-state index contributed by atoms with van der Waals surface area (Å²) in [6, 6.07) is 13.5. The monoisotopic (exact) mass is 307 g/mol. The summed E-state index contributed by atoms with van der Waals surface area (Å²) >= 11 is 0. The fraction of sp³-hybridized carbons (Fsp3) is 0.263. The van der Waals surface area contributed by atoms with E-state index in [-0.39, 0.29) is 11.3 Å². The Morgan fingerprint density at radius 2 is 1.65 bits per heavy atom. The molecule has 1 aromatic carbocycles. The van der Waals surface area contributed by atoms with E-state index in [9.17, 15) is 14.7 Å². The van der Waals surface area contributed by atoms with Gasteiger partial charge in [0, 0.05) is 5.69 Å². The van der Waals surface area contributed by atoms with Gasteiger partial charge in [-0.1, -0.05) is 43.2 Å². The Labute approximate surface area is 134 Å². The normalized spacial score (nSPS) is 19.2. The van der Waals surface area contributed by atoms with Crippen molar-refractivity contribution in [1.82, 2.24) is 4.57 Å². The van der Waals surface area contributed by atoms with Crippen LogP contribution in [0.15, 0.2) is 53.8 Å². The minimum Gasteiger partial charge on any atom is -0.509 e. The molecule has 4 rings (SSSR count). The summed E-state index contributed by atoms with van der Waals surface area (Å²) < 4.78 is 1.96. The van der Waals surface area contributed by atoms with Gasteiger partial charge in [0.15, 0.2) is 6.29 Å². The number of aldehydes is 1. The second-order valence-corrected chi connectivity index (χ2v) is 6.25. The van der Waals surface area contributed by atoms with Crippen LogP contribution in [-0.2, 0) is 10.3 Å². The summed E-state index contributed by atoms with van der Waals surface area (Å²) in [5.41, 5.74) is 1.66. The van der Waals surface area contributed by atoms with Crippen LogP contribution < -0.4 is 0 Å². The van der Waals surface area contributed by atoms with Crippen LogP contribution in [0.2, 0.25) is 0 Å². The van der Waals surface area contributed by atoms with Crippen molar-refractivity contribution in [2.45, 2.75) is 31.2 Å². The van der Waals surface area contributed by atoms with Gasteiger partial charge in [-0.2, -0.15) is 0 Å². The first-order valence-electron chi connectivity index (χ1n) is 7.90. The summed E-state index contributed by atoms with van der Waals surface area (Å²) in [5, 5.41) is 10.7. The standard InChI is InChI=1S/C19H17NO3/c21-12-14-17(22)16-9-8-15(13-6-2-1-3-7-13)20(16)19(18(14)23)10-4-5-11-19/h1-3,6-9,12,23H,4-5,10-11H2. The number of nitrogens with zero attached hydrogens (tertiary/aromatic N) is 1. The van der Waals surface area contributed by atoms with Gasteiger partial charge in [-0.3, -0.25) is 9.59 Å². The third-order valence-corrected chi connectivity index (χ3v) is 5.10. The van der Waals surface area contributed by atoms with Gasteiger partial charge in [-0.05, 0) is 30.5 Å². The molecule has 2 aliphatic rings. The van der Waals surface area contributed by atoms with Crippen molar-refractivity contribution in [3.05, 3.63) is 59.5 Å². The van der Waals surface area contributed by atoms with Crippen molar-refractivity contribution in [2.24, 2.45) is 0 Å². The van der Waals surface area contributed by atoms with E-state index in [4.69, 9.17) is 0 Å². The number of hydrogen-bond donors (Lipinski definition) is 1. The van der Waals surface area contributed by atoms with Crippen LogP contribution in [-0.4, -0.2) is 21.7 Å². The number of ketones is 1. The van der Waals surface area contributed by atoms with Gasteiger partial charge < -0.3 is 9.67 Å². The van der Waals surface area contributed by atoms with E-state index in [1.165, 1.54) is 0 Å². The van der Waals surface area contributed by atoms with E-state index in [1.807, 2.05) is 41.0 Å². The highest BCUT2D eigenvalue weighted by Gasteiger charge is 2.48. The molecule has 1 spiro atoms. The van der Waals surface area contributed by atoms with Crippen molar-refractivity contribution in [3.8, 4) is 11.3 Å². The molecule has 0 radical (unpaired) electrons. The topological polar surface area (TPSA) is 59.3 Å². The highest BCUT2D eigenvalue weighted by molar-refractivity contribution is 6.21. The average Bonchev–Trinajstić information content (AvgIpc) is 3.23. The third kappa shape index (κ3) is 1.78. The van der Waals surface area contributed by atoms with E-state index < -0.39 is 11.3 Å². The van der Waals surface area contributed by atoms with Crippen LogP contribution in [0.1, 0.15) is 36.2 Å². The van der Waals surface area contributed by atoms with Crippen LogP contribution >= 0.6 is 0 Å². The molecule has 23 heavy (non-hydrogen) atoms. The Bertz CT molecular complexity index is 824. The van der Waals surface area contributed by atoms with Gasteiger partial charge >= 0.3 is 0 Å². The van der Waals surface area contributed by atoms with Gasteiger partial charge in [0.2, 0.25) is 5.78 Å². The summed E-state index contributed by atoms with van der Waals surface area (Å²) in [7, 11) is 0. The largest absolute Gasteiger partial charge is 0.509 e. The number of aromatic nitrogens is 1. The maximum absolute atomic E-state index is 12.6. The first-order valence-corrected chi connectivity index (χ1v) is 7.90. The SMILES string of the molecule is O=CC1=C(O)C2(CCCC2)n2c(ccc2-c2ccccc2)C1=O. The van der Waals surface area contributed by atoms with Crippen LogP contribution in [0, 0.1) is 0 Å². The zero-order valence-electron chi connectivity index (χ0n) is 12.7. The lowest BCUT2D eigenvalue weighted by molar-refractivity contribution is -0.104. The van der Waals surface area contributed by atoms with Crippen LogP contribution in [0.4, 0.5) is 0 Å². The fourth-order valence-electron chi connectivity index (χ4n) is 4.04. The molecule has 2 aromatic rings. The minimum atomic E-state index is -0.659. The smallest absolute Gasteiger partial charge is 0.216 e. The summed E-state index contributed by atoms with van der Waals surface area (Å²) in [5.74, 6) is -0.451. The number of benzene rings is 1. The minimum absolute atomic E-state index is 0.0594. The van der Waals surface area contributed by atoms with Crippen molar-refractivity contribution in [3.63, 3.8) is 0 Å². The second kappa shape index (κ2) is 4.95. The zero-order valence-corrected chi connectivity index (χ0v) is 12.7.